The fourth-order valence-corrected chi connectivity index (χ4v) is 3.05. The molecule has 0 saturated carbocycles. The van der Waals surface area contributed by atoms with E-state index in [1.54, 1.807) is 0 Å². The summed E-state index contributed by atoms with van der Waals surface area (Å²) in [4.78, 5) is 35.2. The molecule has 0 aromatic heterocycles. The van der Waals surface area contributed by atoms with Gasteiger partial charge in [-0.2, -0.15) is 0 Å². The van der Waals surface area contributed by atoms with Crippen LogP contribution in [0.5, 0.6) is 0 Å². The van der Waals surface area contributed by atoms with E-state index in [-0.39, 0.29) is 24.5 Å². The summed E-state index contributed by atoms with van der Waals surface area (Å²) in [6.07, 6.45) is 1.91. The zero-order valence-electron chi connectivity index (χ0n) is 15.9. The van der Waals surface area contributed by atoms with Crippen molar-refractivity contribution in [3.63, 3.8) is 0 Å². The molecule has 2 atom stereocenters. The van der Waals surface area contributed by atoms with Crippen LogP contribution >= 0.6 is 11.8 Å². The van der Waals surface area contributed by atoms with Gasteiger partial charge in [-0.05, 0) is 12.8 Å². The first-order valence-corrected chi connectivity index (χ1v) is 9.86. The largest absolute Gasteiger partial charge is 0.396 e. The number of nitrogens with two attached hydrogens (primary N) is 2. The van der Waals surface area contributed by atoms with Gasteiger partial charge in [0, 0.05) is 30.6 Å². The summed E-state index contributed by atoms with van der Waals surface area (Å²) >= 11 is 1.27. The number of carbonyl (C=O) groups is 3. The van der Waals surface area contributed by atoms with Crippen LogP contribution in [0.3, 0.4) is 0 Å². The molecule has 9 heteroatoms. The fraction of sp³-hybridized carbons (Fsp3) is 0.824. The SMILES string of the molecule is CCCCC(=O)[C@H](N)SCCNC(=O)CC[C@](O)(C(N)=O)C(C)(C)CO. The highest BCUT2D eigenvalue weighted by atomic mass is 32.2. The maximum atomic E-state index is 11.9. The summed E-state index contributed by atoms with van der Waals surface area (Å²) in [6, 6.07) is 0. The summed E-state index contributed by atoms with van der Waals surface area (Å²) < 4.78 is 0. The third-order valence-electron chi connectivity index (χ3n) is 4.45. The Kier molecular flexibility index (Phi) is 11.0. The number of hydrogen-bond acceptors (Lipinski definition) is 7. The zero-order valence-corrected chi connectivity index (χ0v) is 16.7. The lowest BCUT2D eigenvalue weighted by Gasteiger charge is -2.38. The third-order valence-corrected chi connectivity index (χ3v) is 5.51. The molecule has 7 N–H and O–H groups in total. The van der Waals surface area contributed by atoms with Crippen LogP contribution in [0.15, 0.2) is 0 Å². The van der Waals surface area contributed by atoms with E-state index in [4.69, 9.17) is 11.5 Å². The van der Waals surface area contributed by atoms with Gasteiger partial charge in [-0.3, -0.25) is 14.4 Å². The number of carbonyl (C=O) groups excluding carboxylic acids is 3. The molecular formula is C17H33N3O5S. The minimum atomic E-state index is -1.98. The van der Waals surface area contributed by atoms with Crippen LogP contribution in [0.4, 0.5) is 0 Å². The molecule has 0 fully saturated rings. The van der Waals surface area contributed by atoms with E-state index >= 15 is 0 Å². The Hall–Kier alpha value is -1.16. The summed E-state index contributed by atoms with van der Waals surface area (Å²) in [7, 11) is 0. The Balaban J connectivity index is 4.27. The second-order valence-corrected chi connectivity index (χ2v) is 8.23. The first kappa shape index (κ1) is 24.8. The van der Waals surface area contributed by atoms with Crippen molar-refractivity contribution in [2.75, 3.05) is 18.9 Å². The van der Waals surface area contributed by atoms with Crippen LogP contribution in [-0.2, 0) is 14.4 Å². The monoisotopic (exact) mass is 391 g/mol. The van der Waals surface area contributed by atoms with Crippen molar-refractivity contribution in [3.05, 3.63) is 0 Å². The molecule has 0 bridgehead atoms. The normalized spacial score (nSPS) is 15.2. The van der Waals surface area contributed by atoms with E-state index in [1.807, 2.05) is 6.92 Å². The van der Waals surface area contributed by atoms with E-state index in [2.05, 4.69) is 5.32 Å². The third kappa shape index (κ3) is 7.61. The molecule has 0 radical (unpaired) electrons. The van der Waals surface area contributed by atoms with Crippen LogP contribution < -0.4 is 16.8 Å². The Morgan fingerprint density at radius 3 is 2.35 bits per heavy atom. The average Bonchev–Trinajstić information content (AvgIpc) is 2.60. The van der Waals surface area contributed by atoms with Crippen molar-refractivity contribution in [2.24, 2.45) is 16.9 Å². The van der Waals surface area contributed by atoms with Gasteiger partial charge >= 0.3 is 0 Å². The van der Waals surface area contributed by atoms with E-state index < -0.39 is 28.9 Å². The van der Waals surface area contributed by atoms with E-state index in [9.17, 15) is 24.6 Å². The second-order valence-electron chi connectivity index (χ2n) is 6.98. The molecule has 0 heterocycles. The van der Waals surface area contributed by atoms with Crippen LogP contribution in [0, 0.1) is 5.41 Å². The van der Waals surface area contributed by atoms with Gasteiger partial charge < -0.3 is 27.0 Å². The Morgan fingerprint density at radius 1 is 1.23 bits per heavy atom. The summed E-state index contributed by atoms with van der Waals surface area (Å²) in [5.74, 6) is -0.852. The number of amides is 2. The van der Waals surface area contributed by atoms with Crippen LogP contribution in [-0.4, -0.2) is 57.7 Å². The van der Waals surface area contributed by atoms with Crippen LogP contribution in [0.1, 0.15) is 52.9 Å². The zero-order chi connectivity index (χ0) is 20.4. The van der Waals surface area contributed by atoms with Gasteiger partial charge in [0.15, 0.2) is 11.4 Å². The van der Waals surface area contributed by atoms with Gasteiger partial charge in [-0.15, -0.1) is 11.8 Å². The van der Waals surface area contributed by atoms with E-state index in [0.29, 0.717) is 18.7 Å². The summed E-state index contributed by atoms with van der Waals surface area (Å²) in [5, 5.41) is 21.9. The van der Waals surface area contributed by atoms with E-state index in [1.165, 1.54) is 25.6 Å². The van der Waals surface area contributed by atoms with Crippen molar-refractivity contribution >= 4 is 29.4 Å². The van der Waals surface area contributed by atoms with Gasteiger partial charge in [0.25, 0.3) is 0 Å². The number of aliphatic hydroxyl groups is 2. The molecule has 0 saturated heterocycles. The molecule has 0 aromatic rings. The lowest BCUT2D eigenvalue weighted by atomic mass is 9.72. The Morgan fingerprint density at radius 2 is 1.85 bits per heavy atom. The highest BCUT2D eigenvalue weighted by Crippen LogP contribution is 2.34. The number of aliphatic hydroxyl groups excluding tert-OH is 1. The summed E-state index contributed by atoms with van der Waals surface area (Å²) in [5.41, 5.74) is 7.89. The molecule has 0 aliphatic rings. The molecule has 2 amide bonds. The number of primary amides is 1. The number of Topliss-reactive ketones (excluding diaryl/α,β-unsaturated/α-hetero) is 1. The molecule has 0 rings (SSSR count). The second kappa shape index (κ2) is 11.5. The summed E-state index contributed by atoms with van der Waals surface area (Å²) in [6.45, 7) is 4.88. The highest BCUT2D eigenvalue weighted by Gasteiger charge is 2.48. The molecule has 0 aliphatic carbocycles. The maximum absolute atomic E-state index is 11.9. The molecule has 0 aliphatic heterocycles. The highest BCUT2D eigenvalue weighted by molar-refractivity contribution is 8.00. The first-order chi connectivity index (χ1) is 12.0. The standard InChI is InChI=1S/C17H33N3O5S/c1-4-5-6-12(22)14(18)26-10-9-20-13(23)7-8-17(25,15(19)24)16(2,3)11-21/h14,21,25H,4-11,18H2,1-3H3,(H2,19,24)(H,20,23)/t14-,17+/m1/s1. The number of thioether (sulfide) groups is 1. The fourth-order valence-electron chi connectivity index (χ4n) is 2.27. The molecular weight excluding hydrogens is 358 g/mol. The van der Waals surface area contributed by atoms with Crippen molar-refractivity contribution in [3.8, 4) is 0 Å². The van der Waals surface area contributed by atoms with Gasteiger partial charge in [0.1, 0.15) is 5.37 Å². The predicted molar refractivity (Wildman–Crippen MR) is 102 cm³/mol. The predicted octanol–water partition coefficient (Wildman–Crippen LogP) is -0.105. The van der Waals surface area contributed by atoms with Gasteiger partial charge in [0.2, 0.25) is 11.8 Å². The molecule has 0 spiro atoms. The smallest absolute Gasteiger partial charge is 0.250 e. The maximum Gasteiger partial charge on any atom is 0.250 e. The minimum Gasteiger partial charge on any atom is -0.396 e. The molecule has 8 nitrogen and oxygen atoms in total. The lowest BCUT2D eigenvalue weighted by Crippen LogP contribution is -2.56. The topological polar surface area (TPSA) is 156 Å². The Labute approximate surface area is 159 Å². The number of ketones is 1. The number of nitrogens with one attached hydrogen (secondary N) is 1. The minimum absolute atomic E-state index is 0.000865. The van der Waals surface area contributed by atoms with Crippen LogP contribution in [0.2, 0.25) is 0 Å². The molecule has 0 unspecified atom stereocenters. The molecule has 152 valence electrons. The number of hydrogen-bond donors (Lipinski definition) is 5. The van der Waals surface area contributed by atoms with Crippen molar-refractivity contribution in [1.82, 2.24) is 5.32 Å². The van der Waals surface area contributed by atoms with Crippen molar-refractivity contribution < 1.29 is 24.6 Å². The van der Waals surface area contributed by atoms with Crippen LogP contribution in [0.25, 0.3) is 0 Å². The van der Waals surface area contributed by atoms with E-state index in [0.717, 1.165) is 12.8 Å². The van der Waals surface area contributed by atoms with Crippen molar-refractivity contribution in [1.29, 1.82) is 0 Å². The first-order valence-electron chi connectivity index (χ1n) is 8.81. The Bertz CT molecular complexity index is 487. The number of unbranched alkanes of at least 4 members (excludes halogenated alkanes) is 1. The average molecular weight is 392 g/mol. The van der Waals surface area contributed by atoms with Gasteiger partial charge in [-0.25, -0.2) is 0 Å². The van der Waals surface area contributed by atoms with Gasteiger partial charge in [-0.1, -0.05) is 27.2 Å². The molecule has 26 heavy (non-hydrogen) atoms. The number of rotatable bonds is 14. The quantitative estimate of drug-likeness (QED) is 0.204. The molecule has 0 aromatic carbocycles. The van der Waals surface area contributed by atoms with Gasteiger partial charge in [0.05, 0.1) is 6.61 Å². The van der Waals surface area contributed by atoms with Crippen molar-refractivity contribution in [2.45, 2.75) is 63.9 Å². The lowest BCUT2D eigenvalue weighted by molar-refractivity contribution is -0.156.